The zero-order chi connectivity index (χ0) is 11.0. The van der Waals surface area contributed by atoms with E-state index in [0.29, 0.717) is 0 Å². The molecular weight excluding hydrogens is 200 g/mol. The molecule has 2 aliphatic rings. The molecule has 3 rings (SSSR count). The molecule has 0 atom stereocenters. The highest BCUT2D eigenvalue weighted by Gasteiger charge is 2.35. The number of benzene rings is 1. The first kappa shape index (κ1) is 9.97. The van der Waals surface area contributed by atoms with Crippen molar-refractivity contribution in [3.63, 3.8) is 0 Å². The van der Waals surface area contributed by atoms with E-state index in [1.165, 1.54) is 16.9 Å². The molecule has 0 saturated carbocycles. The molecule has 1 aromatic rings. The maximum absolute atomic E-state index is 5.44. The Kier molecular flexibility index (Phi) is 2.28. The predicted molar refractivity (Wildman–Crippen MR) is 66.1 cm³/mol. The van der Waals surface area contributed by atoms with Gasteiger partial charge >= 0.3 is 0 Å². The largest absolute Gasteiger partial charge is 0.381 e. The van der Waals surface area contributed by atoms with Crippen molar-refractivity contribution >= 4 is 11.4 Å². The molecule has 0 bridgehead atoms. The van der Waals surface area contributed by atoms with Crippen molar-refractivity contribution in [1.29, 1.82) is 0 Å². The minimum atomic E-state index is 0.207. The van der Waals surface area contributed by atoms with Crippen LogP contribution in [0, 0.1) is 6.92 Å². The predicted octanol–water partition coefficient (Wildman–Crippen LogP) is 2.38. The van der Waals surface area contributed by atoms with E-state index in [1.54, 1.807) is 0 Å². The van der Waals surface area contributed by atoms with Gasteiger partial charge in [-0.25, -0.2) is 0 Å². The Balaban J connectivity index is 1.89. The molecule has 2 N–H and O–H groups in total. The molecule has 2 heterocycles. The number of fused-ring (bicyclic) bond motifs is 1. The average molecular weight is 218 g/mol. The smallest absolute Gasteiger partial charge is 0.0590 e. The second kappa shape index (κ2) is 3.67. The third kappa shape index (κ3) is 1.65. The fourth-order valence-electron chi connectivity index (χ4n) is 2.57. The van der Waals surface area contributed by atoms with Crippen LogP contribution in [0.3, 0.4) is 0 Å². The topological polar surface area (TPSA) is 33.3 Å². The summed E-state index contributed by atoms with van der Waals surface area (Å²) in [5.74, 6) is 0. The van der Waals surface area contributed by atoms with Gasteiger partial charge in [0, 0.05) is 19.8 Å². The maximum atomic E-state index is 5.44. The van der Waals surface area contributed by atoms with E-state index in [2.05, 4.69) is 35.8 Å². The molecule has 1 spiro atoms. The van der Waals surface area contributed by atoms with Crippen LogP contribution in [0.2, 0.25) is 0 Å². The van der Waals surface area contributed by atoms with Crippen LogP contribution >= 0.6 is 0 Å². The first-order chi connectivity index (χ1) is 7.77. The van der Waals surface area contributed by atoms with Crippen molar-refractivity contribution in [3.05, 3.63) is 23.8 Å². The Bertz CT molecular complexity index is 397. The fraction of sp³-hybridized carbons (Fsp3) is 0.538. The molecule has 0 radical (unpaired) electrons. The van der Waals surface area contributed by atoms with Gasteiger partial charge in [-0.2, -0.15) is 0 Å². The van der Waals surface area contributed by atoms with Crippen molar-refractivity contribution < 1.29 is 4.74 Å². The van der Waals surface area contributed by atoms with Gasteiger partial charge in [-0.05, 0) is 37.5 Å². The number of ether oxygens (including phenoxy) is 1. The van der Waals surface area contributed by atoms with Crippen LogP contribution in [0.5, 0.6) is 0 Å². The second-order valence-electron chi connectivity index (χ2n) is 4.92. The van der Waals surface area contributed by atoms with E-state index in [0.717, 1.165) is 32.6 Å². The van der Waals surface area contributed by atoms with Crippen LogP contribution in [0.25, 0.3) is 0 Å². The summed E-state index contributed by atoms with van der Waals surface area (Å²) >= 11 is 0. The molecule has 16 heavy (non-hydrogen) atoms. The SMILES string of the molecule is Cc1ccc2c(c1)NC1(CCOCC1)CN2. The van der Waals surface area contributed by atoms with Crippen LogP contribution in [0.1, 0.15) is 18.4 Å². The van der Waals surface area contributed by atoms with Crippen LogP contribution < -0.4 is 10.6 Å². The van der Waals surface area contributed by atoms with E-state index in [-0.39, 0.29) is 5.54 Å². The van der Waals surface area contributed by atoms with Gasteiger partial charge in [0.05, 0.1) is 16.9 Å². The van der Waals surface area contributed by atoms with Crippen molar-refractivity contribution in [2.24, 2.45) is 0 Å². The summed E-state index contributed by atoms with van der Waals surface area (Å²) < 4.78 is 5.44. The lowest BCUT2D eigenvalue weighted by Gasteiger charge is -2.43. The first-order valence-electron chi connectivity index (χ1n) is 5.98. The van der Waals surface area contributed by atoms with Gasteiger partial charge in [-0.1, -0.05) is 6.07 Å². The van der Waals surface area contributed by atoms with Crippen LogP contribution in [-0.4, -0.2) is 25.3 Å². The third-order valence-corrected chi connectivity index (χ3v) is 3.64. The normalized spacial score (nSPS) is 22.1. The van der Waals surface area contributed by atoms with Crippen LogP contribution in [0.15, 0.2) is 18.2 Å². The fourth-order valence-corrected chi connectivity index (χ4v) is 2.57. The molecular formula is C13H18N2O. The summed E-state index contributed by atoms with van der Waals surface area (Å²) in [5, 5.41) is 7.24. The summed E-state index contributed by atoms with van der Waals surface area (Å²) in [7, 11) is 0. The molecule has 1 aromatic carbocycles. The van der Waals surface area contributed by atoms with Gasteiger partial charge < -0.3 is 15.4 Å². The number of hydrogen-bond donors (Lipinski definition) is 2. The van der Waals surface area contributed by atoms with Gasteiger partial charge in [0.2, 0.25) is 0 Å². The first-order valence-corrected chi connectivity index (χ1v) is 5.98. The highest BCUT2D eigenvalue weighted by atomic mass is 16.5. The number of nitrogens with one attached hydrogen (secondary N) is 2. The zero-order valence-corrected chi connectivity index (χ0v) is 9.68. The molecule has 1 fully saturated rings. The quantitative estimate of drug-likeness (QED) is 0.701. The standard InChI is InChI=1S/C13H18N2O/c1-10-2-3-11-12(8-10)15-13(9-14-11)4-6-16-7-5-13/h2-3,8,14-15H,4-7,9H2,1H3. The number of rotatable bonds is 0. The third-order valence-electron chi connectivity index (χ3n) is 3.64. The van der Waals surface area contributed by atoms with E-state index in [4.69, 9.17) is 4.74 Å². The van der Waals surface area contributed by atoms with Gasteiger partial charge in [-0.3, -0.25) is 0 Å². The lowest BCUT2D eigenvalue weighted by molar-refractivity contribution is 0.0635. The summed E-state index contributed by atoms with van der Waals surface area (Å²) in [6, 6.07) is 6.53. The lowest BCUT2D eigenvalue weighted by Crippen LogP contribution is -2.51. The van der Waals surface area contributed by atoms with Gasteiger partial charge in [-0.15, -0.1) is 0 Å². The van der Waals surface area contributed by atoms with Crippen LogP contribution in [-0.2, 0) is 4.74 Å². The van der Waals surface area contributed by atoms with Crippen molar-refractivity contribution in [2.45, 2.75) is 25.3 Å². The summed E-state index contributed by atoms with van der Waals surface area (Å²) in [5.41, 5.74) is 3.98. The Morgan fingerprint density at radius 2 is 2.00 bits per heavy atom. The Morgan fingerprint density at radius 3 is 2.81 bits per heavy atom. The Labute approximate surface area is 96.2 Å². The number of aryl methyl sites for hydroxylation is 1. The second-order valence-corrected chi connectivity index (χ2v) is 4.92. The van der Waals surface area contributed by atoms with E-state index >= 15 is 0 Å². The maximum Gasteiger partial charge on any atom is 0.0590 e. The molecule has 0 unspecified atom stereocenters. The minimum Gasteiger partial charge on any atom is -0.381 e. The summed E-state index contributed by atoms with van der Waals surface area (Å²) in [6.07, 6.45) is 2.18. The number of hydrogen-bond acceptors (Lipinski definition) is 3. The van der Waals surface area contributed by atoms with Crippen molar-refractivity contribution in [2.75, 3.05) is 30.4 Å². The molecule has 86 valence electrons. The summed E-state index contributed by atoms with van der Waals surface area (Å²) in [6.45, 7) is 4.88. The monoisotopic (exact) mass is 218 g/mol. The highest BCUT2D eigenvalue weighted by Crippen LogP contribution is 2.35. The zero-order valence-electron chi connectivity index (χ0n) is 9.68. The molecule has 0 amide bonds. The lowest BCUT2D eigenvalue weighted by atomic mass is 9.87. The van der Waals surface area contributed by atoms with Crippen LogP contribution in [0.4, 0.5) is 11.4 Å². The van der Waals surface area contributed by atoms with Gasteiger partial charge in [0.15, 0.2) is 0 Å². The molecule has 1 saturated heterocycles. The highest BCUT2D eigenvalue weighted by molar-refractivity contribution is 5.73. The minimum absolute atomic E-state index is 0.207. The Hall–Kier alpha value is -1.22. The molecule has 3 nitrogen and oxygen atoms in total. The van der Waals surface area contributed by atoms with E-state index < -0.39 is 0 Å². The molecule has 2 aliphatic heterocycles. The van der Waals surface area contributed by atoms with E-state index in [9.17, 15) is 0 Å². The van der Waals surface area contributed by atoms with Gasteiger partial charge in [0.1, 0.15) is 0 Å². The molecule has 3 heteroatoms. The number of anilines is 2. The molecule has 0 aliphatic carbocycles. The summed E-state index contributed by atoms with van der Waals surface area (Å²) in [4.78, 5) is 0. The average Bonchev–Trinajstić information content (AvgIpc) is 2.29. The van der Waals surface area contributed by atoms with Crippen molar-refractivity contribution in [3.8, 4) is 0 Å². The van der Waals surface area contributed by atoms with Gasteiger partial charge in [0.25, 0.3) is 0 Å². The van der Waals surface area contributed by atoms with Crippen molar-refractivity contribution in [1.82, 2.24) is 0 Å². The molecule has 0 aromatic heterocycles. The Morgan fingerprint density at radius 1 is 1.19 bits per heavy atom. The van der Waals surface area contributed by atoms with E-state index in [1.807, 2.05) is 0 Å².